The van der Waals surface area contributed by atoms with Gasteiger partial charge in [-0.1, -0.05) is 119 Å². The molecule has 2 amide bonds. The van der Waals surface area contributed by atoms with Gasteiger partial charge in [-0.15, -0.1) is 0 Å². The fourth-order valence-corrected chi connectivity index (χ4v) is 5.02. The molecule has 0 aliphatic heterocycles. The summed E-state index contributed by atoms with van der Waals surface area (Å²) in [5.41, 5.74) is 4.43. The molecule has 0 saturated carbocycles. The van der Waals surface area contributed by atoms with Gasteiger partial charge in [0, 0.05) is 17.0 Å². The zero-order valence-electron chi connectivity index (χ0n) is 21.3. The zero-order valence-corrected chi connectivity index (χ0v) is 22.8. The van der Waals surface area contributed by atoms with Gasteiger partial charge in [-0.3, -0.25) is 15.0 Å². The number of benzene rings is 4. The minimum Gasteiger partial charge on any atom is -0.372 e. The molecule has 0 unspecified atom stereocenters. The molecule has 0 aliphatic rings. The molecule has 0 aromatic heterocycles. The van der Waals surface area contributed by atoms with Crippen LogP contribution < -0.4 is 5.43 Å². The highest BCUT2D eigenvalue weighted by Crippen LogP contribution is 2.36. The predicted octanol–water partition coefficient (Wildman–Crippen LogP) is 6.52. The number of hydrazine groups is 1. The molecular formula is C31H28Cl2N2O3. The van der Waals surface area contributed by atoms with Crippen molar-refractivity contribution in [2.75, 3.05) is 0 Å². The lowest BCUT2D eigenvalue weighted by atomic mass is 9.84. The number of nitrogens with zero attached hydrogens (tertiary/aromatic N) is 1. The summed E-state index contributed by atoms with van der Waals surface area (Å²) in [6, 6.07) is 27.6. The highest BCUT2D eigenvalue weighted by molar-refractivity contribution is 6.35. The maximum absolute atomic E-state index is 14.1. The Morgan fingerprint density at radius 2 is 1.39 bits per heavy atom. The summed E-state index contributed by atoms with van der Waals surface area (Å²) < 4.78 is 0. The van der Waals surface area contributed by atoms with Crippen molar-refractivity contribution in [1.29, 1.82) is 0 Å². The van der Waals surface area contributed by atoms with Crippen LogP contribution in [0.15, 0.2) is 97.1 Å². The van der Waals surface area contributed by atoms with Crippen LogP contribution in [-0.2, 0) is 15.2 Å². The minimum absolute atomic E-state index is 0.333. The van der Waals surface area contributed by atoms with Gasteiger partial charge in [-0.05, 0) is 48.2 Å². The maximum Gasteiger partial charge on any atom is 0.279 e. The molecule has 4 aromatic carbocycles. The van der Waals surface area contributed by atoms with Gasteiger partial charge in [-0.25, -0.2) is 5.01 Å². The number of carbonyl (C=O) groups excluding carboxylic acids is 2. The Morgan fingerprint density at radius 1 is 0.816 bits per heavy atom. The SMILES string of the molecule is CC(=O)N(NC(=O)C(O)(c1cccc(C)c1)c1cccc(C)c1)[C@@H](c1ccccc1)c1ccc(Cl)cc1Cl. The number of hydrogen-bond donors (Lipinski definition) is 2. The Bertz CT molecular complexity index is 1430. The molecule has 4 aromatic rings. The van der Waals surface area contributed by atoms with E-state index >= 15 is 0 Å². The maximum atomic E-state index is 14.1. The Hall–Kier alpha value is -3.64. The number of hydrogen-bond acceptors (Lipinski definition) is 3. The summed E-state index contributed by atoms with van der Waals surface area (Å²) in [6.07, 6.45) is 0. The second kappa shape index (κ2) is 11.4. The zero-order chi connectivity index (χ0) is 27.4. The topological polar surface area (TPSA) is 69.6 Å². The molecule has 0 bridgehead atoms. The van der Waals surface area contributed by atoms with Crippen LogP contribution in [0.1, 0.15) is 46.3 Å². The van der Waals surface area contributed by atoms with Crippen LogP contribution in [-0.4, -0.2) is 21.9 Å². The number of nitrogens with one attached hydrogen (secondary N) is 1. The third-order valence-electron chi connectivity index (χ3n) is 6.39. The van der Waals surface area contributed by atoms with Gasteiger partial charge < -0.3 is 5.11 Å². The first-order chi connectivity index (χ1) is 18.1. The molecule has 194 valence electrons. The summed E-state index contributed by atoms with van der Waals surface area (Å²) >= 11 is 12.7. The average Bonchev–Trinajstić information content (AvgIpc) is 2.89. The molecule has 5 nitrogen and oxygen atoms in total. The first-order valence-corrected chi connectivity index (χ1v) is 12.8. The molecule has 0 aliphatic carbocycles. The van der Waals surface area contributed by atoms with Gasteiger partial charge in [0.15, 0.2) is 5.60 Å². The monoisotopic (exact) mass is 546 g/mol. The lowest BCUT2D eigenvalue weighted by Crippen LogP contribution is -2.55. The fourth-order valence-electron chi connectivity index (χ4n) is 4.51. The van der Waals surface area contributed by atoms with E-state index in [-0.39, 0.29) is 0 Å². The van der Waals surface area contributed by atoms with Crippen molar-refractivity contribution in [2.45, 2.75) is 32.4 Å². The summed E-state index contributed by atoms with van der Waals surface area (Å²) in [7, 11) is 0. The largest absolute Gasteiger partial charge is 0.372 e. The molecular weight excluding hydrogens is 519 g/mol. The lowest BCUT2D eigenvalue weighted by molar-refractivity contribution is -0.150. The van der Waals surface area contributed by atoms with Gasteiger partial charge in [0.05, 0.1) is 0 Å². The summed E-state index contributed by atoms with van der Waals surface area (Å²) in [5.74, 6) is -1.23. The third-order valence-corrected chi connectivity index (χ3v) is 6.95. The van der Waals surface area contributed by atoms with E-state index in [1.54, 1.807) is 54.6 Å². The van der Waals surface area contributed by atoms with Crippen LogP contribution in [0.3, 0.4) is 0 Å². The average molecular weight is 547 g/mol. The first-order valence-electron chi connectivity index (χ1n) is 12.1. The van der Waals surface area contributed by atoms with E-state index in [2.05, 4.69) is 5.43 Å². The van der Waals surface area contributed by atoms with Gasteiger partial charge in [-0.2, -0.15) is 0 Å². The molecule has 4 rings (SSSR count). The first kappa shape index (κ1) is 27.4. The van der Waals surface area contributed by atoms with Crippen LogP contribution in [0.2, 0.25) is 10.0 Å². The molecule has 0 heterocycles. The van der Waals surface area contributed by atoms with Crippen LogP contribution >= 0.6 is 23.2 Å². The number of carbonyl (C=O) groups is 2. The normalized spacial score (nSPS) is 12.1. The second-order valence-corrected chi connectivity index (χ2v) is 10.1. The van der Waals surface area contributed by atoms with E-state index in [4.69, 9.17) is 23.2 Å². The predicted molar refractivity (Wildman–Crippen MR) is 151 cm³/mol. The Balaban J connectivity index is 1.85. The van der Waals surface area contributed by atoms with E-state index in [1.807, 2.05) is 56.3 Å². The number of aryl methyl sites for hydroxylation is 2. The van der Waals surface area contributed by atoms with E-state index in [9.17, 15) is 14.7 Å². The second-order valence-electron chi connectivity index (χ2n) is 9.26. The van der Waals surface area contributed by atoms with Crippen molar-refractivity contribution >= 4 is 35.0 Å². The van der Waals surface area contributed by atoms with Gasteiger partial charge in [0.2, 0.25) is 5.91 Å². The Labute approximate surface area is 232 Å². The highest BCUT2D eigenvalue weighted by Gasteiger charge is 2.42. The fraction of sp³-hybridized carbons (Fsp3) is 0.161. The molecule has 0 spiro atoms. The summed E-state index contributed by atoms with van der Waals surface area (Å²) in [5, 5.41) is 14.1. The smallest absolute Gasteiger partial charge is 0.279 e. The van der Waals surface area contributed by atoms with Crippen LogP contribution in [0, 0.1) is 13.8 Å². The Kier molecular flexibility index (Phi) is 8.22. The van der Waals surface area contributed by atoms with E-state index in [0.717, 1.165) is 11.1 Å². The molecule has 1 atom stereocenters. The van der Waals surface area contributed by atoms with Gasteiger partial charge >= 0.3 is 0 Å². The highest BCUT2D eigenvalue weighted by atomic mass is 35.5. The molecule has 38 heavy (non-hydrogen) atoms. The van der Waals surface area contributed by atoms with Crippen LogP contribution in [0.4, 0.5) is 0 Å². The van der Waals surface area contributed by atoms with Gasteiger partial charge in [0.1, 0.15) is 6.04 Å². The van der Waals surface area contributed by atoms with Crippen molar-refractivity contribution in [2.24, 2.45) is 0 Å². The Morgan fingerprint density at radius 3 is 1.89 bits per heavy atom. The van der Waals surface area contributed by atoms with Crippen molar-refractivity contribution in [3.63, 3.8) is 0 Å². The van der Waals surface area contributed by atoms with Crippen molar-refractivity contribution in [3.05, 3.63) is 140 Å². The van der Waals surface area contributed by atoms with E-state index in [0.29, 0.717) is 32.3 Å². The number of rotatable bonds is 6. The third kappa shape index (κ3) is 5.60. The number of amides is 2. The molecule has 0 fully saturated rings. The molecule has 0 saturated heterocycles. The molecule has 0 radical (unpaired) electrons. The van der Waals surface area contributed by atoms with E-state index in [1.165, 1.54) is 11.9 Å². The quantitative estimate of drug-likeness (QED) is 0.270. The molecule has 2 N–H and O–H groups in total. The number of halogens is 2. The lowest BCUT2D eigenvalue weighted by Gasteiger charge is -2.36. The molecule has 7 heteroatoms. The van der Waals surface area contributed by atoms with Gasteiger partial charge in [0.25, 0.3) is 5.91 Å². The summed E-state index contributed by atoms with van der Waals surface area (Å²) in [6.45, 7) is 5.11. The van der Waals surface area contributed by atoms with Crippen LogP contribution in [0.25, 0.3) is 0 Å². The number of aliphatic hydroxyl groups is 1. The standard InChI is InChI=1S/C31H28Cl2N2O3/c1-20-9-7-13-24(17-20)31(38,25-14-8-10-21(2)18-25)30(37)34-35(22(3)36)29(23-11-5-4-6-12-23)27-16-15-26(32)19-28(27)33/h4-19,29,38H,1-3H3,(H,34,37)/t29-/m0/s1. The van der Waals surface area contributed by atoms with Crippen LogP contribution in [0.5, 0.6) is 0 Å². The summed E-state index contributed by atoms with van der Waals surface area (Å²) in [4.78, 5) is 27.2. The minimum atomic E-state index is -2.09. The van der Waals surface area contributed by atoms with Crippen molar-refractivity contribution in [3.8, 4) is 0 Å². The van der Waals surface area contributed by atoms with Crippen molar-refractivity contribution < 1.29 is 14.7 Å². The van der Waals surface area contributed by atoms with E-state index < -0.39 is 23.5 Å². The van der Waals surface area contributed by atoms with Crippen molar-refractivity contribution in [1.82, 2.24) is 10.4 Å².